The van der Waals surface area contributed by atoms with E-state index in [0.717, 1.165) is 5.56 Å². The maximum absolute atomic E-state index is 12.8. The molecule has 138 valence electrons. The predicted molar refractivity (Wildman–Crippen MR) is 95.3 cm³/mol. The molecule has 1 aliphatic heterocycles. The highest BCUT2D eigenvalue weighted by Crippen LogP contribution is 2.40. The summed E-state index contributed by atoms with van der Waals surface area (Å²) in [5, 5.41) is 7.40. The van der Waals surface area contributed by atoms with E-state index < -0.39 is 12.0 Å². The molecule has 1 N–H and O–H groups in total. The van der Waals surface area contributed by atoms with Crippen molar-refractivity contribution in [2.45, 2.75) is 32.9 Å². The third-order valence-electron chi connectivity index (χ3n) is 4.09. The van der Waals surface area contributed by atoms with Gasteiger partial charge in [0.05, 0.1) is 25.9 Å². The number of methoxy groups -OCH3 is 2. The van der Waals surface area contributed by atoms with Crippen LogP contribution in [0.1, 0.15) is 32.4 Å². The fourth-order valence-electron chi connectivity index (χ4n) is 2.96. The number of aromatic nitrogens is 3. The molecule has 0 bridgehead atoms. The molecule has 1 aromatic heterocycles. The van der Waals surface area contributed by atoms with Crippen LogP contribution < -0.4 is 14.8 Å². The minimum Gasteiger partial charge on any atom is -0.497 e. The van der Waals surface area contributed by atoms with Gasteiger partial charge in [0, 0.05) is 17.3 Å². The van der Waals surface area contributed by atoms with Gasteiger partial charge in [-0.2, -0.15) is 10.1 Å². The highest BCUT2D eigenvalue weighted by molar-refractivity contribution is 5.92. The molecule has 8 nitrogen and oxygen atoms in total. The number of ether oxygens (including phenoxy) is 3. The molecule has 1 atom stereocenters. The number of carbonyl (C=O) groups excluding carboxylic acids is 1. The monoisotopic (exact) mass is 358 g/mol. The summed E-state index contributed by atoms with van der Waals surface area (Å²) in [6.07, 6.45) is 1.20. The molecule has 0 amide bonds. The Labute approximate surface area is 151 Å². The Kier molecular flexibility index (Phi) is 4.83. The lowest BCUT2D eigenvalue weighted by Gasteiger charge is -2.29. The number of nitrogens with one attached hydrogen (secondary N) is 1. The van der Waals surface area contributed by atoms with E-state index in [0.29, 0.717) is 28.7 Å². The minimum atomic E-state index is -0.527. The van der Waals surface area contributed by atoms with Crippen LogP contribution in [0.4, 0.5) is 5.95 Å². The van der Waals surface area contributed by atoms with Crippen molar-refractivity contribution in [2.24, 2.45) is 0 Å². The Morgan fingerprint density at radius 3 is 2.69 bits per heavy atom. The molecule has 0 spiro atoms. The second kappa shape index (κ2) is 7.07. The summed E-state index contributed by atoms with van der Waals surface area (Å²) in [6.45, 7) is 5.44. The van der Waals surface area contributed by atoms with Gasteiger partial charge in [-0.25, -0.2) is 9.48 Å². The molecule has 0 saturated carbocycles. The average Bonchev–Trinajstić information content (AvgIpc) is 3.07. The van der Waals surface area contributed by atoms with Crippen molar-refractivity contribution in [1.82, 2.24) is 14.8 Å². The fourth-order valence-corrected chi connectivity index (χ4v) is 2.96. The van der Waals surface area contributed by atoms with Crippen LogP contribution in [0.15, 0.2) is 35.8 Å². The van der Waals surface area contributed by atoms with E-state index in [-0.39, 0.29) is 6.10 Å². The molecule has 3 rings (SSSR count). The van der Waals surface area contributed by atoms with Gasteiger partial charge in [-0.15, -0.1) is 0 Å². The summed E-state index contributed by atoms with van der Waals surface area (Å²) < 4.78 is 17.9. The maximum Gasteiger partial charge on any atom is 0.338 e. The van der Waals surface area contributed by atoms with Crippen LogP contribution >= 0.6 is 0 Å². The molecule has 26 heavy (non-hydrogen) atoms. The van der Waals surface area contributed by atoms with Crippen LogP contribution in [0.5, 0.6) is 11.5 Å². The number of rotatable bonds is 5. The second-order valence-corrected chi connectivity index (χ2v) is 6.16. The van der Waals surface area contributed by atoms with Gasteiger partial charge in [0.1, 0.15) is 23.9 Å². The zero-order valence-corrected chi connectivity index (χ0v) is 15.4. The normalized spacial score (nSPS) is 16.2. The molecule has 2 aromatic rings. The molecule has 0 radical (unpaired) electrons. The number of fused-ring (bicyclic) bond motifs is 1. The third kappa shape index (κ3) is 3.10. The standard InChI is InChI=1S/C18H22N4O4/c1-10(2)26-17(23)15-11(3)21-18-19-9-20-22(18)16(15)13-7-6-12(24-4)8-14(13)25-5/h6-10,16H,1-5H3,(H,19,20,21). The van der Waals surface area contributed by atoms with Gasteiger partial charge in [-0.3, -0.25) is 0 Å². The fraction of sp³-hybridized carbons (Fsp3) is 0.389. The summed E-state index contributed by atoms with van der Waals surface area (Å²) in [7, 11) is 3.16. The lowest BCUT2D eigenvalue weighted by atomic mass is 9.95. The molecule has 0 aliphatic carbocycles. The number of anilines is 1. The van der Waals surface area contributed by atoms with Gasteiger partial charge < -0.3 is 19.5 Å². The quantitative estimate of drug-likeness (QED) is 0.822. The summed E-state index contributed by atoms with van der Waals surface area (Å²) in [6, 6.07) is 4.92. The van der Waals surface area contributed by atoms with Crippen molar-refractivity contribution < 1.29 is 19.0 Å². The Morgan fingerprint density at radius 2 is 2.04 bits per heavy atom. The van der Waals surface area contributed by atoms with E-state index >= 15 is 0 Å². The van der Waals surface area contributed by atoms with Crippen LogP contribution in [-0.2, 0) is 9.53 Å². The third-order valence-corrected chi connectivity index (χ3v) is 4.09. The average molecular weight is 358 g/mol. The summed E-state index contributed by atoms with van der Waals surface area (Å²) >= 11 is 0. The topological polar surface area (TPSA) is 87.5 Å². The zero-order valence-electron chi connectivity index (χ0n) is 15.4. The van der Waals surface area contributed by atoms with E-state index in [2.05, 4.69) is 15.4 Å². The van der Waals surface area contributed by atoms with Crippen molar-refractivity contribution in [3.05, 3.63) is 41.4 Å². The van der Waals surface area contributed by atoms with Gasteiger partial charge in [-0.1, -0.05) is 0 Å². The first-order chi connectivity index (χ1) is 12.5. The molecule has 1 unspecified atom stereocenters. The number of esters is 1. The summed E-state index contributed by atoms with van der Waals surface area (Å²) in [5.41, 5.74) is 1.88. The number of hydrogen-bond acceptors (Lipinski definition) is 7. The summed E-state index contributed by atoms with van der Waals surface area (Å²) in [5.74, 6) is 1.38. The Hall–Kier alpha value is -3.03. The largest absolute Gasteiger partial charge is 0.497 e. The first-order valence-electron chi connectivity index (χ1n) is 8.26. The Balaban J connectivity index is 2.17. The number of nitrogens with zero attached hydrogens (tertiary/aromatic N) is 3. The van der Waals surface area contributed by atoms with Crippen molar-refractivity contribution in [3.8, 4) is 11.5 Å². The highest BCUT2D eigenvalue weighted by atomic mass is 16.5. The maximum atomic E-state index is 12.8. The van der Waals surface area contributed by atoms with Gasteiger partial charge in [0.15, 0.2) is 0 Å². The zero-order chi connectivity index (χ0) is 18.8. The number of carbonyl (C=O) groups is 1. The van der Waals surface area contributed by atoms with Crippen molar-refractivity contribution >= 4 is 11.9 Å². The Bertz CT molecular complexity index is 857. The molecule has 0 saturated heterocycles. The first kappa shape index (κ1) is 17.8. The van der Waals surface area contributed by atoms with Gasteiger partial charge in [0.25, 0.3) is 0 Å². The van der Waals surface area contributed by atoms with Crippen LogP contribution in [0.2, 0.25) is 0 Å². The minimum absolute atomic E-state index is 0.238. The van der Waals surface area contributed by atoms with E-state index in [9.17, 15) is 4.79 Å². The smallest absolute Gasteiger partial charge is 0.338 e. The van der Waals surface area contributed by atoms with Crippen molar-refractivity contribution in [3.63, 3.8) is 0 Å². The first-order valence-corrected chi connectivity index (χ1v) is 8.26. The van der Waals surface area contributed by atoms with Gasteiger partial charge >= 0.3 is 5.97 Å². The number of allylic oxidation sites excluding steroid dienone is 1. The van der Waals surface area contributed by atoms with E-state index in [4.69, 9.17) is 14.2 Å². The van der Waals surface area contributed by atoms with Crippen molar-refractivity contribution in [2.75, 3.05) is 19.5 Å². The van der Waals surface area contributed by atoms with Crippen LogP contribution in [0.3, 0.4) is 0 Å². The second-order valence-electron chi connectivity index (χ2n) is 6.16. The molecule has 8 heteroatoms. The SMILES string of the molecule is COc1ccc(C2C(C(=O)OC(C)C)=C(C)Nc3ncnn32)c(OC)c1. The Morgan fingerprint density at radius 1 is 1.27 bits per heavy atom. The summed E-state index contributed by atoms with van der Waals surface area (Å²) in [4.78, 5) is 17.0. The van der Waals surface area contributed by atoms with E-state index in [1.54, 1.807) is 25.0 Å². The predicted octanol–water partition coefficient (Wildman–Crippen LogP) is 2.54. The molecule has 1 aliphatic rings. The molecule has 0 fully saturated rings. The van der Waals surface area contributed by atoms with E-state index in [1.807, 2.05) is 32.9 Å². The number of hydrogen-bond donors (Lipinski definition) is 1. The molecule has 2 heterocycles. The van der Waals surface area contributed by atoms with Crippen LogP contribution in [0.25, 0.3) is 0 Å². The molecule has 1 aromatic carbocycles. The molecular formula is C18H22N4O4. The van der Waals surface area contributed by atoms with E-state index in [1.165, 1.54) is 6.33 Å². The lowest BCUT2D eigenvalue weighted by Crippen LogP contribution is -2.30. The van der Waals surface area contributed by atoms with Gasteiger partial charge in [0.2, 0.25) is 5.95 Å². The lowest BCUT2D eigenvalue weighted by molar-refractivity contribution is -0.143. The molecular weight excluding hydrogens is 336 g/mol. The van der Waals surface area contributed by atoms with Crippen molar-refractivity contribution in [1.29, 1.82) is 0 Å². The van der Waals surface area contributed by atoms with Crippen LogP contribution in [0, 0.1) is 0 Å². The van der Waals surface area contributed by atoms with Gasteiger partial charge in [-0.05, 0) is 32.9 Å². The number of benzene rings is 1. The highest BCUT2D eigenvalue weighted by Gasteiger charge is 2.36. The van der Waals surface area contributed by atoms with Crippen LogP contribution in [-0.4, -0.2) is 41.1 Å².